The number of aromatic nitrogens is 2. The molecule has 0 radical (unpaired) electrons. The van der Waals surface area contributed by atoms with Crippen LogP contribution in [0.5, 0.6) is 0 Å². The number of hydrogen-bond donors (Lipinski definition) is 2. The molecule has 1 aromatic rings. The molecule has 1 heterocycles. The first-order valence-corrected chi connectivity index (χ1v) is 7.15. The Kier molecular flexibility index (Phi) is 4.50. The zero-order chi connectivity index (χ0) is 14.0. The monoisotopic (exact) mass is 286 g/mol. The van der Waals surface area contributed by atoms with Gasteiger partial charge in [-0.25, -0.2) is 0 Å². The van der Waals surface area contributed by atoms with Crippen LogP contribution in [0.25, 0.3) is 0 Å². The second-order valence-corrected chi connectivity index (χ2v) is 5.99. The Morgan fingerprint density at radius 3 is 2.68 bits per heavy atom. The lowest BCUT2D eigenvalue weighted by Crippen LogP contribution is -2.44. The second kappa shape index (κ2) is 5.79. The van der Waals surface area contributed by atoms with Crippen molar-refractivity contribution < 1.29 is 4.74 Å². The molecule has 0 amide bonds. The lowest BCUT2D eigenvalue weighted by Gasteiger charge is -2.42. The number of methoxy groups -OCH3 is 1. The van der Waals surface area contributed by atoms with Gasteiger partial charge in [-0.05, 0) is 39.5 Å². The predicted octanol–water partition coefficient (Wildman–Crippen LogP) is 2.58. The van der Waals surface area contributed by atoms with Crippen LogP contribution in [0, 0.1) is 0 Å². The molecule has 0 bridgehead atoms. The third kappa shape index (κ3) is 2.79. The molecule has 1 aromatic heterocycles. The van der Waals surface area contributed by atoms with E-state index in [0.29, 0.717) is 5.02 Å². The average Bonchev–Trinajstić information content (AvgIpc) is 2.71. The van der Waals surface area contributed by atoms with Crippen LogP contribution < -0.4 is 11.3 Å². The van der Waals surface area contributed by atoms with Crippen molar-refractivity contribution in [1.82, 2.24) is 15.2 Å². The molecule has 1 unspecified atom stereocenters. The van der Waals surface area contributed by atoms with Gasteiger partial charge in [0.2, 0.25) is 0 Å². The molecule has 5 nitrogen and oxygen atoms in total. The molecule has 1 aliphatic rings. The summed E-state index contributed by atoms with van der Waals surface area (Å²) in [5, 5.41) is 4.99. The minimum atomic E-state index is -0.0631. The van der Waals surface area contributed by atoms with Gasteiger partial charge in [0.25, 0.3) is 0 Å². The van der Waals surface area contributed by atoms with Crippen LogP contribution in [-0.4, -0.2) is 22.5 Å². The highest BCUT2D eigenvalue weighted by molar-refractivity contribution is 6.31. The van der Waals surface area contributed by atoms with Gasteiger partial charge in [-0.1, -0.05) is 11.6 Å². The summed E-state index contributed by atoms with van der Waals surface area (Å²) in [5.41, 5.74) is 3.76. The maximum atomic E-state index is 6.28. The number of halogens is 1. The van der Waals surface area contributed by atoms with Crippen molar-refractivity contribution in [3.63, 3.8) is 0 Å². The minimum absolute atomic E-state index is 0.0438. The molecule has 1 fully saturated rings. The molecule has 108 valence electrons. The van der Waals surface area contributed by atoms with E-state index in [1.807, 2.05) is 4.68 Å². The lowest BCUT2D eigenvalue weighted by atomic mass is 9.75. The van der Waals surface area contributed by atoms with E-state index in [1.54, 1.807) is 13.3 Å². The summed E-state index contributed by atoms with van der Waals surface area (Å²) in [7, 11) is 1.77. The molecule has 3 N–H and O–H groups in total. The Morgan fingerprint density at radius 1 is 1.58 bits per heavy atom. The first-order valence-electron chi connectivity index (χ1n) is 6.77. The van der Waals surface area contributed by atoms with Crippen molar-refractivity contribution >= 4 is 11.6 Å². The molecule has 6 heteroatoms. The lowest BCUT2D eigenvalue weighted by molar-refractivity contribution is -0.0843. The zero-order valence-corrected chi connectivity index (χ0v) is 12.6. The first kappa shape index (κ1) is 14.8. The van der Waals surface area contributed by atoms with Crippen LogP contribution in [0.4, 0.5) is 0 Å². The van der Waals surface area contributed by atoms with Crippen LogP contribution >= 0.6 is 11.6 Å². The molecule has 0 spiro atoms. The van der Waals surface area contributed by atoms with Crippen LogP contribution in [-0.2, 0) is 4.74 Å². The highest BCUT2D eigenvalue weighted by Gasteiger charge is 2.40. The maximum absolute atomic E-state index is 6.28. The number of hydrazine groups is 1. The third-order valence-corrected chi connectivity index (χ3v) is 4.37. The van der Waals surface area contributed by atoms with Gasteiger partial charge >= 0.3 is 0 Å². The van der Waals surface area contributed by atoms with E-state index in [2.05, 4.69) is 24.4 Å². The Morgan fingerprint density at radius 2 is 2.26 bits per heavy atom. The van der Waals surface area contributed by atoms with Gasteiger partial charge in [0, 0.05) is 13.2 Å². The number of rotatable bonds is 6. The summed E-state index contributed by atoms with van der Waals surface area (Å²) in [5.74, 6) is 5.74. The largest absolute Gasteiger partial charge is 0.378 e. The van der Waals surface area contributed by atoms with E-state index >= 15 is 0 Å². The van der Waals surface area contributed by atoms with Crippen molar-refractivity contribution in [2.24, 2.45) is 5.84 Å². The summed E-state index contributed by atoms with van der Waals surface area (Å²) < 4.78 is 7.60. The van der Waals surface area contributed by atoms with Crippen molar-refractivity contribution in [3.05, 3.63) is 16.9 Å². The highest BCUT2D eigenvalue weighted by Crippen LogP contribution is 2.42. The molecule has 0 saturated heterocycles. The van der Waals surface area contributed by atoms with Gasteiger partial charge in [0.05, 0.1) is 28.6 Å². The summed E-state index contributed by atoms with van der Waals surface area (Å²) >= 11 is 6.28. The van der Waals surface area contributed by atoms with Crippen LogP contribution in [0.1, 0.15) is 57.3 Å². The summed E-state index contributed by atoms with van der Waals surface area (Å²) in [6.07, 6.45) is 5.87. The Hall–Kier alpha value is -0.620. The first-order chi connectivity index (χ1) is 9.03. The van der Waals surface area contributed by atoms with Gasteiger partial charge in [-0.3, -0.25) is 16.0 Å². The maximum Gasteiger partial charge on any atom is 0.0834 e. The Labute approximate surface area is 119 Å². The van der Waals surface area contributed by atoms with E-state index < -0.39 is 0 Å². The zero-order valence-electron chi connectivity index (χ0n) is 11.8. The molecule has 1 atom stereocenters. The molecule has 0 aliphatic heterocycles. The fraction of sp³-hybridized carbons (Fsp3) is 0.769. The number of nitrogens with one attached hydrogen (secondary N) is 1. The van der Waals surface area contributed by atoms with Crippen LogP contribution in [0.3, 0.4) is 0 Å². The van der Waals surface area contributed by atoms with Crippen LogP contribution in [0.15, 0.2) is 6.20 Å². The van der Waals surface area contributed by atoms with E-state index in [9.17, 15) is 0 Å². The van der Waals surface area contributed by atoms with Crippen molar-refractivity contribution in [3.8, 4) is 0 Å². The minimum Gasteiger partial charge on any atom is -0.378 e. The Bertz CT molecular complexity index is 423. The van der Waals surface area contributed by atoms with Crippen LogP contribution in [0.2, 0.25) is 5.02 Å². The molecule has 1 aliphatic carbocycles. The number of nitrogens with two attached hydrogens (primary N) is 1. The predicted molar refractivity (Wildman–Crippen MR) is 75.9 cm³/mol. The summed E-state index contributed by atoms with van der Waals surface area (Å²) in [4.78, 5) is 0. The smallest absolute Gasteiger partial charge is 0.0834 e. The number of hydrogen-bond acceptors (Lipinski definition) is 4. The van der Waals surface area contributed by atoms with Crippen molar-refractivity contribution in [2.75, 3.05) is 7.11 Å². The van der Waals surface area contributed by atoms with Crippen molar-refractivity contribution in [1.29, 1.82) is 0 Å². The van der Waals surface area contributed by atoms with Crippen molar-refractivity contribution in [2.45, 2.75) is 57.2 Å². The third-order valence-electron chi connectivity index (χ3n) is 4.08. The van der Waals surface area contributed by atoms with E-state index in [4.69, 9.17) is 22.2 Å². The average molecular weight is 287 g/mol. The van der Waals surface area contributed by atoms with E-state index in [1.165, 1.54) is 6.42 Å². The SMILES string of the molecule is COC1(CC(NN)c2c(Cl)cnn2C(C)C)CCC1. The van der Waals surface area contributed by atoms with Gasteiger partial charge in [0.1, 0.15) is 0 Å². The molecular weight excluding hydrogens is 264 g/mol. The van der Waals surface area contributed by atoms with Gasteiger partial charge < -0.3 is 4.74 Å². The molecular formula is C13H23ClN4O. The molecule has 0 aromatic carbocycles. The van der Waals surface area contributed by atoms with Gasteiger partial charge in [-0.2, -0.15) is 5.10 Å². The number of nitrogens with zero attached hydrogens (tertiary/aromatic N) is 2. The molecule has 1 saturated carbocycles. The van der Waals surface area contributed by atoms with Gasteiger partial charge in [-0.15, -0.1) is 0 Å². The quantitative estimate of drug-likeness (QED) is 0.623. The fourth-order valence-electron chi connectivity index (χ4n) is 2.76. The molecule has 19 heavy (non-hydrogen) atoms. The highest BCUT2D eigenvalue weighted by atomic mass is 35.5. The summed E-state index contributed by atoms with van der Waals surface area (Å²) in [6.45, 7) is 4.16. The fourth-order valence-corrected chi connectivity index (χ4v) is 3.02. The molecule has 2 rings (SSSR count). The normalized spacial score (nSPS) is 19.5. The number of ether oxygens (including phenoxy) is 1. The second-order valence-electron chi connectivity index (χ2n) is 5.58. The Balaban J connectivity index is 2.24. The summed E-state index contributed by atoms with van der Waals surface area (Å²) in [6, 6.07) is 0.205. The van der Waals surface area contributed by atoms with E-state index in [0.717, 1.165) is 25.0 Å². The van der Waals surface area contributed by atoms with Gasteiger partial charge in [0.15, 0.2) is 0 Å². The van der Waals surface area contributed by atoms with E-state index in [-0.39, 0.29) is 17.7 Å². The standard InChI is InChI=1S/C13H23ClN4O/c1-9(2)18-12(10(14)8-16-18)11(17-15)7-13(19-3)5-4-6-13/h8-9,11,17H,4-7,15H2,1-3H3. The topological polar surface area (TPSA) is 65.1 Å².